The molecule has 3 heteroatoms. The van der Waals surface area contributed by atoms with Gasteiger partial charge in [-0.3, -0.25) is 4.90 Å². The first-order valence-corrected chi connectivity index (χ1v) is 11.1. The summed E-state index contributed by atoms with van der Waals surface area (Å²) in [5.74, 6) is 1.17. The van der Waals surface area contributed by atoms with Gasteiger partial charge in [0, 0.05) is 17.9 Å². The minimum atomic E-state index is -0.0502. The van der Waals surface area contributed by atoms with Crippen LogP contribution >= 0.6 is 0 Å². The molecule has 0 unspecified atom stereocenters. The first kappa shape index (κ1) is 23.0. The van der Waals surface area contributed by atoms with Crippen LogP contribution in [0, 0.1) is 0 Å². The van der Waals surface area contributed by atoms with Crippen molar-refractivity contribution in [2.75, 3.05) is 16.8 Å². The van der Waals surface area contributed by atoms with E-state index in [-0.39, 0.29) is 6.03 Å². The second-order valence-corrected chi connectivity index (χ2v) is 8.80. The molecule has 2 aromatic carbocycles. The summed E-state index contributed by atoms with van der Waals surface area (Å²) in [5, 5.41) is 3.27. The van der Waals surface area contributed by atoms with Gasteiger partial charge in [0.15, 0.2) is 0 Å². The summed E-state index contributed by atoms with van der Waals surface area (Å²) in [6, 6.07) is 14.7. The Morgan fingerprint density at radius 2 is 1.41 bits per heavy atom. The third-order valence-corrected chi connectivity index (χ3v) is 5.46. The van der Waals surface area contributed by atoms with Crippen molar-refractivity contribution in [3.05, 3.63) is 59.2 Å². The van der Waals surface area contributed by atoms with Gasteiger partial charge in [0.1, 0.15) is 0 Å². The molecular weight excluding hydrogens is 356 g/mol. The van der Waals surface area contributed by atoms with Gasteiger partial charge in [-0.05, 0) is 53.0 Å². The minimum absolute atomic E-state index is 0.0502. The van der Waals surface area contributed by atoms with Gasteiger partial charge in [0.2, 0.25) is 0 Å². The number of hydrogen-bond acceptors (Lipinski definition) is 1. The molecule has 29 heavy (non-hydrogen) atoms. The lowest BCUT2D eigenvalue weighted by Crippen LogP contribution is -2.36. The number of benzene rings is 2. The molecule has 0 aliphatic carbocycles. The van der Waals surface area contributed by atoms with Crippen LogP contribution in [0.25, 0.3) is 0 Å². The lowest BCUT2D eigenvalue weighted by atomic mass is 9.93. The number of hydrogen-bond donors (Lipinski definition) is 1. The van der Waals surface area contributed by atoms with E-state index in [0.717, 1.165) is 24.2 Å². The van der Waals surface area contributed by atoms with Crippen LogP contribution in [0.15, 0.2) is 42.5 Å². The molecule has 0 saturated carbocycles. The summed E-state index contributed by atoms with van der Waals surface area (Å²) in [6.07, 6.45) is 2.02. The number of nitrogens with zero attached hydrogens (tertiary/aromatic N) is 1. The van der Waals surface area contributed by atoms with E-state index >= 15 is 0 Å². The van der Waals surface area contributed by atoms with Crippen LogP contribution in [0.1, 0.15) is 95.8 Å². The second-order valence-electron chi connectivity index (χ2n) is 8.80. The van der Waals surface area contributed by atoms with Crippen molar-refractivity contribution in [2.24, 2.45) is 0 Å². The Morgan fingerprint density at radius 1 is 0.862 bits per heavy atom. The van der Waals surface area contributed by atoms with E-state index in [0.29, 0.717) is 24.3 Å². The normalized spacial score (nSPS) is 11.4. The molecule has 0 spiro atoms. The highest BCUT2D eigenvalue weighted by Crippen LogP contribution is 2.33. The lowest BCUT2D eigenvalue weighted by Gasteiger charge is -2.26. The van der Waals surface area contributed by atoms with Crippen LogP contribution in [-0.2, 0) is 0 Å². The predicted molar refractivity (Wildman–Crippen MR) is 126 cm³/mol. The standard InChI is InChI=1S/C26H38N2O/c1-8-9-17-28(22-15-13-21(14-16-22)18(2)3)26(29)27-25-23(19(4)5)11-10-12-24(25)20(6)7/h10-16,18-20H,8-9,17H2,1-7H3,(H,27,29). The molecule has 0 heterocycles. The average molecular weight is 395 g/mol. The van der Waals surface area contributed by atoms with Gasteiger partial charge in [0.05, 0.1) is 0 Å². The summed E-state index contributed by atoms with van der Waals surface area (Å²) in [6.45, 7) is 15.9. The molecule has 2 amide bonds. The van der Waals surface area contributed by atoms with E-state index in [2.05, 4.69) is 96.2 Å². The van der Waals surface area contributed by atoms with E-state index in [1.54, 1.807) is 0 Å². The number of carbonyl (C=O) groups excluding carboxylic acids is 1. The van der Waals surface area contributed by atoms with E-state index < -0.39 is 0 Å². The maximum absolute atomic E-state index is 13.4. The zero-order valence-electron chi connectivity index (χ0n) is 19.3. The van der Waals surface area contributed by atoms with Crippen LogP contribution < -0.4 is 10.2 Å². The van der Waals surface area contributed by atoms with Crippen LogP contribution in [0.3, 0.4) is 0 Å². The van der Waals surface area contributed by atoms with Crippen LogP contribution in [0.5, 0.6) is 0 Å². The summed E-state index contributed by atoms with van der Waals surface area (Å²) >= 11 is 0. The smallest absolute Gasteiger partial charge is 0.307 e. The Kier molecular flexibility index (Phi) is 8.31. The number of urea groups is 1. The molecule has 1 N–H and O–H groups in total. The largest absolute Gasteiger partial charge is 0.326 e. The van der Waals surface area contributed by atoms with Crippen molar-refractivity contribution in [3.8, 4) is 0 Å². The maximum atomic E-state index is 13.4. The van der Waals surface area contributed by atoms with Crippen molar-refractivity contribution in [1.29, 1.82) is 0 Å². The zero-order chi connectivity index (χ0) is 21.6. The van der Waals surface area contributed by atoms with Gasteiger partial charge >= 0.3 is 6.03 Å². The number of carbonyl (C=O) groups is 1. The minimum Gasteiger partial charge on any atom is -0.307 e. The van der Waals surface area contributed by atoms with E-state index in [1.165, 1.54) is 16.7 Å². The summed E-state index contributed by atoms with van der Waals surface area (Å²) in [5.41, 5.74) is 5.60. The molecule has 0 aliphatic rings. The number of unbranched alkanes of at least 4 members (excludes halogenated alkanes) is 1. The second kappa shape index (κ2) is 10.5. The highest BCUT2D eigenvalue weighted by molar-refractivity contribution is 6.02. The van der Waals surface area contributed by atoms with Crippen molar-refractivity contribution in [1.82, 2.24) is 0 Å². The number of rotatable bonds is 8. The molecule has 0 bridgehead atoms. The maximum Gasteiger partial charge on any atom is 0.326 e. The fraction of sp³-hybridized carbons (Fsp3) is 0.500. The van der Waals surface area contributed by atoms with Gasteiger partial charge in [-0.2, -0.15) is 0 Å². The fourth-order valence-corrected chi connectivity index (χ4v) is 3.57. The Bertz CT molecular complexity index is 765. The van der Waals surface area contributed by atoms with Gasteiger partial charge in [-0.15, -0.1) is 0 Å². The SMILES string of the molecule is CCCCN(C(=O)Nc1c(C(C)C)cccc1C(C)C)c1ccc(C(C)C)cc1. The zero-order valence-corrected chi connectivity index (χ0v) is 19.3. The topological polar surface area (TPSA) is 32.3 Å². The molecule has 2 aromatic rings. The highest BCUT2D eigenvalue weighted by Gasteiger charge is 2.20. The van der Waals surface area contributed by atoms with E-state index in [4.69, 9.17) is 0 Å². The molecular formula is C26H38N2O. The van der Waals surface area contributed by atoms with Crippen molar-refractivity contribution < 1.29 is 4.79 Å². The molecule has 0 saturated heterocycles. The van der Waals surface area contributed by atoms with Crippen molar-refractivity contribution >= 4 is 17.4 Å². The van der Waals surface area contributed by atoms with Gasteiger partial charge in [0.25, 0.3) is 0 Å². The highest BCUT2D eigenvalue weighted by atomic mass is 16.2. The molecule has 2 rings (SSSR count). The van der Waals surface area contributed by atoms with Crippen LogP contribution in [0.2, 0.25) is 0 Å². The van der Waals surface area contributed by atoms with Crippen molar-refractivity contribution in [2.45, 2.75) is 79.1 Å². The summed E-state index contributed by atoms with van der Waals surface area (Å²) in [7, 11) is 0. The molecule has 3 nitrogen and oxygen atoms in total. The third kappa shape index (κ3) is 5.85. The molecule has 0 atom stereocenters. The lowest BCUT2D eigenvalue weighted by molar-refractivity contribution is 0.256. The molecule has 0 aromatic heterocycles. The third-order valence-electron chi connectivity index (χ3n) is 5.46. The first-order chi connectivity index (χ1) is 13.8. The van der Waals surface area contributed by atoms with Crippen LogP contribution in [-0.4, -0.2) is 12.6 Å². The summed E-state index contributed by atoms with van der Waals surface area (Å²) < 4.78 is 0. The molecule has 0 radical (unpaired) electrons. The quantitative estimate of drug-likeness (QED) is 0.485. The van der Waals surface area contributed by atoms with Gasteiger partial charge < -0.3 is 5.32 Å². The predicted octanol–water partition coefficient (Wildman–Crippen LogP) is 7.90. The Balaban J connectivity index is 2.38. The number of nitrogens with one attached hydrogen (secondary N) is 1. The van der Waals surface area contributed by atoms with Crippen molar-refractivity contribution in [3.63, 3.8) is 0 Å². The Hall–Kier alpha value is -2.29. The molecule has 0 aliphatic heterocycles. The van der Waals surface area contributed by atoms with E-state index in [9.17, 15) is 4.79 Å². The van der Waals surface area contributed by atoms with Gasteiger partial charge in [-0.25, -0.2) is 4.79 Å². The van der Waals surface area contributed by atoms with Crippen LogP contribution in [0.4, 0.5) is 16.2 Å². The molecule has 0 fully saturated rings. The first-order valence-electron chi connectivity index (χ1n) is 11.1. The Morgan fingerprint density at radius 3 is 1.86 bits per heavy atom. The number of amides is 2. The average Bonchev–Trinajstić information content (AvgIpc) is 2.68. The van der Waals surface area contributed by atoms with Gasteiger partial charge in [-0.1, -0.05) is 85.2 Å². The van der Waals surface area contributed by atoms with E-state index in [1.807, 2.05) is 4.90 Å². The fourth-order valence-electron chi connectivity index (χ4n) is 3.57. The monoisotopic (exact) mass is 394 g/mol. The number of para-hydroxylation sites is 1. The summed E-state index contributed by atoms with van der Waals surface area (Å²) in [4.78, 5) is 15.3. The number of anilines is 2. The molecule has 158 valence electrons. The Labute approximate surface area is 177 Å².